The standard InChI is InChI=1S/C32H39N7O4/c1-32(2,3)23-10-6-21(7-11-23)30(41)36-25-5-4-14-39(20-25)26-19-34-27(28(33)40)29(37-26)35-24-12-8-22(9-13-24)31(42)38-15-17-43-18-16-38/h6-13,19,25H,4-5,14-18,20H2,1-3H3,(H2,33,40)(H,35,37)(H,36,41). The van der Waals surface area contributed by atoms with Gasteiger partial charge in [-0.1, -0.05) is 32.9 Å². The summed E-state index contributed by atoms with van der Waals surface area (Å²) in [6.07, 6.45) is 3.23. The molecule has 11 heteroatoms. The highest BCUT2D eigenvalue weighted by molar-refractivity contribution is 5.97. The highest BCUT2D eigenvalue weighted by Gasteiger charge is 2.25. The van der Waals surface area contributed by atoms with Gasteiger partial charge in [-0.05, 0) is 60.2 Å². The first-order chi connectivity index (χ1) is 20.6. The molecule has 4 N–H and O–H groups in total. The zero-order valence-electron chi connectivity index (χ0n) is 24.9. The molecular formula is C32H39N7O4. The van der Waals surface area contributed by atoms with Crippen LogP contribution in [0.25, 0.3) is 0 Å². The lowest BCUT2D eigenvalue weighted by Crippen LogP contribution is -2.48. The number of nitrogens with two attached hydrogens (primary N) is 1. The van der Waals surface area contributed by atoms with Crippen LogP contribution < -0.4 is 21.3 Å². The molecule has 0 saturated carbocycles. The van der Waals surface area contributed by atoms with Gasteiger partial charge in [0.15, 0.2) is 11.5 Å². The number of carbonyl (C=O) groups excluding carboxylic acids is 3. The largest absolute Gasteiger partial charge is 0.378 e. The zero-order valence-corrected chi connectivity index (χ0v) is 24.9. The van der Waals surface area contributed by atoms with Crippen molar-refractivity contribution in [2.24, 2.45) is 5.73 Å². The Morgan fingerprint density at radius 3 is 2.28 bits per heavy atom. The number of rotatable bonds is 7. The third-order valence-electron chi connectivity index (χ3n) is 7.78. The summed E-state index contributed by atoms with van der Waals surface area (Å²) in [6.45, 7) is 9.91. The molecule has 2 aromatic carbocycles. The maximum Gasteiger partial charge on any atom is 0.271 e. The number of nitrogens with one attached hydrogen (secondary N) is 2. The van der Waals surface area contributed by atoms with Crippen molar-refractivity contribution in [1.82, 2.24) is 20.2 Å². The van der Waals surface area contributed by atoms with E-state index in [0.29, 0.717) is 55.5 Å². The molecule has 2 saturated heterocycles. The molecule has 0 radical (unpaired) electrons. The first-order valence-electron chi connectivity index (χ1n) is 14.7. The summed E-state index contributed by atoms with van der Waals surface area (Å²) in [7, 11) is 0. The molecule has 43 heavy (non-hydrogen) atoms. The second-order valence-corrected chi connectivity index (χ2v) is 12.0. The number of piperidine rings is 1. The number of amides is 3. The van der Waals surface area contributed by atoms with E-state index in [0.717, 1.165) is 19.4 Å². The number of ether oxygens (including phenoxy) is 1. The summed E-state index contributed by atoms with van der Waals surface area (Å²) in [5, 5.41) is 6.30. The molecule has 226 valence electrons. The molecule has 0 spiro atoms. The molecule has 1 atom stereocenters. The van der Waals surface area contributed by atoms with Crippen molar-refractivity contribution in [2.75, 3.05) is 49.6 Å². The van der Waals surface area contributed by atoms with Crippen molar-refractivity contribution >= 4 is 35.0 Å². The first-order valence-corrected chi connectivity index (χ1v) is 14.7. The van der Waals surface area contributed by atoms with Crippen LogP contribution in [0.4, 0.5) is 17.3 Å². The number of aromatic nitrogens is 2. The Labute approximate surface area is 251 Å². The van der Waals surface area contributed by atoms with Gasteiger partial charge in [-0.25, -0.2) is 9.97 Å². The molecule has 2 aliphatic rings. The number of hydrogen-bond donors (Lipinski definition) is 3. The van der Waals surface area contributed by atoms with Crippen molar-refractivity contribution < 1.29 is 19.1 Å². The molecule has 3 aromatic rings. The lowest BCUT2D eigenvalue weighted by Gasteiger charge is -2.34. The molecule has 0 bridgehead atoms. The van der Waals surface area contributed by atoms with E-state index in [9.17, 15) is 14.4 Å². The molecule has 0 aliphatic carbocycles. The van der Waals surface area contributed by atoms with Crippen LogP contribution in [0.1, 0.15) is 70.4 Å². The Morgan fingerprint density at radius 2 is 1.63 bits per heavy atom. The monoisotopic (exact) mass is 585 g/mol. The van der Waals surface area contributed by atoms with E-state index < -0.39 is 5.91 Å². The first kappa shape index (κ1) is 30.0. The predicted molar refractivity (Wildman–Crippen MR) is 165 cm³/mol. The van der Waals surface area contributed by atoms with Crippen LogP contribution in [0.15, 0.2) is 54.7 Å². The summed E-state index contributed by atoms with van der Waals surface area (Å²) < 4.78 is 5.33. The molecule has 1 aromatic heterocycles. The number of primary amides is 1. The quantitative estimate of drug-likeness (QED) is 0.383. The van der Waals surface area contributed by atoms with Crippen LogP contribution in [0.5, 0.6) is 0 Å². The molecule has 2 aliphatic heterocycles. The molecule has 2 fully saturated rings. The van der Waals surface area contributed by atoms with Gasteiger partial charge in [0.2, 0.25) is 0 Å². The summed E-state index contributed by atoms with van der Waals surface area (Å²) >= 11 is 0. The van der Waals surface area contributed by atoms with Crippen LogP contribution >= 0.6 is 0 Å². The molecule has 3 heterocycles. The molecule has 11 nitrogen and oxygen atoms in total. The zero-order chi connectivity index (χ0) is 30.6. The van der Waals surface area contributed by atoms with Crippen LogP contribution in [0, 0.1) is 0 Å². The summed E-state index contributed by atoms with van der Waals surface area (Å²) in [5.41, 5.74) is 8.63. The molecule has 3 amide bonds. The van der Waals surface area contributed by atoms with Gasteiger partial charge >= 0.3 is 0 Å². The van der Waals surface area contributed by atoms with Crippen molar-refractivity contribution in [3.8, 4) is 0 Å². The minimum Gasteiger partial charge on any atom is -0.378 e. The fourth-order valence-corrected chi connectivity index (χ4v) is 5.27. The van der Waals surface area contributed by atoms with E-state index in [1.165, 1.54) is 11.8 Å². The SMILES string of the molecule is CC(C)(C)c1ccc(C(=O)NC2CCCN(c3cnc(C(N)=O)c(Nc4ccc(C(=O)N5CCOCC5)cc4)n3)C2)cc1. The maximum absolute atomic E-state index is 13.0. The second-order valence-electron chi connectivity index (χ2n) is 12.0. The Hall–Kier alpha value is -4.51. The average molecular weight is 586 g/mol. The highest BCUT2D eigenvalue weighted by Crippen LogP contribution is 2.25. The van der Waals surface area contributed by atoms with E-state index in [-0.39, 0.29) is 34.8 Å². The molecule has 1 unspecified atom stereocenters. The predicted octanol–water partition coefficient (Wildman–Crippen LogP) is 3.49. The minimum atomic E-state index is -0.707. The van der Waals surface area contributed by atoms with Crippen LogP contribution in [0.2, 0.25) is 0 Å². The summed E-state index contributed by atoms with van der Waals surface area (Å²) in [6, 6.07) is 14.6. The number of carbonyl (C=O) groups is 3. The number of anilines is 3. The van der Waals surface area contributed by atoms with Gasteiger partial charge in [-0.15, -0.1) is 0 Å². The summed E-state index contributed by atoms with van der Waals surface area (Å²) in [4.78, 5) is 50.8. The summed E-state index contributed by atoms with van der Waals surface area (Å²) in [5.74, 6) is -0.0760. The normalized spacial score (nSPS) is 17.3. The number of benzene rings is 2. The lowest BCUT2D eigenvalue weighted by atomic mass is 9.86. The van der Waals surface area contributed by atoms with Gasteiger partial charge in [-0.2, -0.15) is 0 Å². The van der Waals surface area contributed by atoms with Crippen LogP contribution in [0.3, 0.4) is 0 Å². The number of hydrogen-bond acceptors (Lipinski definition) is 8. The third kappa shape index (κ3) is 7.29. The number of nitrogens with zero attached hydrogens (tertiary/aromatic N) is 4. The van der Waals surface area contributed by atoms with Gasteiger partial charge in [0.25, 0.3) is 17.7 Å². The Morgan fingerprint density at radius 1 is 0.953 bits per heavy atom. The van der Waals surface area contributed by atoms with Gasteiger partial charge in [-0.3, -0.25) is 14.4 Å². The fraction of sp³-hybridized carbons (Fsp3) is 0.406. The highest BCUT2D eigenvalue weighted by atomic mass is 16.5. The van der Waals surface area contributed by atoms with E-state index >= 15 is 0 Å². The fourth-order valence-electron chi connectivity index (χ4n) is 5.27. The van der Waals surface area contributed by atoms with Crippen molar-refractivity contribution in [3.05, 3.63) is 77.1 Å². The van der Waals surface area contributed by atoms with Gasteiger partial charge in [0, 0.05) is 49.0 Å². The lowest BCUT2D eigenvalue weighted by molar-refractivity contribution is 0.0303. The Balaban J connectivity index is 1.26. The van der Waals surface area contributed by atoms with Crippen molar-refractivity contribution in [3.63, 3.8) is 0 Å². The van der Waals surface area contributed by atoms with Gasteiger partial charge in [0.05, 0.1) is 19.4 Å². The topological polar surface area (TPSA) is 143 Å². The van der Waals surface area contributed by atoms with E-state index in [1.54, 1.807) is 29.2 Å². The average Bonchev–Trinajstić information content (AvgIpc) is 3.01. The minimum absolute atomic E-state index is 0.0118. The smallest absolute Gasteiger partial charge is 0.271 e. The van der Waals surface area contributed by atoms with Gasteiger partial charge in [0.1, 0.15) is 5.82 Å². The van der Waals surface area contributed by atoms with Crippen LogP contribution in [-0.4, -0.2) is 78.0 Å². The second kappa shape index (κ2) is 12.8. The van der Waals surface area contributed by atoms with Crippen LogP contribution in [-0.2, 0) is 10.2 Å². The van der Waals surface area contributed by atoms with E-state index in [1.807, 2.05) is 29.2 Å². The Kier molecular flexibility index (Phi) is 8.91. The van der Waals surface area contributed by atoms with Crippen molar-refractivity contribution in [1.29, 1.82) is 0 Å². The third-order valence-corrected chi connectivity index (χ3v) is 7.78. The molecule has 5 rings (SSSR count). The van der Waals surface area contributed by atoms with Crippen molar-refractivity contribution in [2.45, 2.75) is 45.1 Å². The van der Waals surface area contributed by atoms with E-state index in [4.69, 9.17) is 15.5 Å². The van der Waals surface area contributed by atoms with E-state index in [2.05, 4.69) is 36.4 Å². The number of morpholine rings is 1. The maximum atomic E-state index is 13.0. The molecular weight excluding hydrogens is 546 g/mol. The van der Waals surface area contributed by atoms with Gasteiger partial charge < -0.3 is 30.9 Å². The Bertz CT molecular complexity index is 1460.